The van der Waals surface area contributed by atoms with Gasteiger partial charge in [-0.25, -0.2) is 0 Å². The summed E-state index contributed by atoms with van der Waals surface area (Å²) in [5.74, 6) is -0.558. The molecule has 1 atom stereocenters. The third kappa shape index (κ3) is 5.12. The second-order valence-electron chi connectivity index (χ2n) is 6.62. The number of aryl methyl sites for hydroxylation is 1. The molecule has 0 bridgehead atoms. The number of hydrogen-bond donors (Lipinski definition) is 1. The van der Waals surface area contributed by atoms with Gasteiger partial charge in [-0.15, -0.1) is 0 Å². The van der Waals surface area contributed by atoms with Gasteiger partial charge in [0.15, 0.2) is 5.82 Å². The highest BCUT2D eigenvalue weighted by atomic mass is 35.5. The molecule has 0 saturated heterocycles. The molecular formula is C18H18Cl2N6O3. The van der Waals surface area contributed by atoms with Gasteiger partial charge in [-0.05, 0) is 29.5 Å². The SMILES string of the molecule is Cc1cc([N+](=O)[O-])nn1CC(C)C(=O)Nc1ccn(Cc2ccc(Cl)c(Cl)c2)n1. The van der Waals surface area contributed by atoms with E-state index >= 15 is 0 Å². The molecule has 0 spiro atoms. The Morgan fingerprint density at radius 2 is 2.00 bits per heavy atom. The standard InChI is InChI=1S/C18H18Cl2N6O3/c1-11(9-25-12(2)7-17(23-25)26(28)29)18(27)21-16-5-6-24(22-16)10-13-3-4-14(19)15(20)8-13/h3-8,11H,9-10H2,1-2H3,(H,21,22,27). The zero-order valence-corrected chi connectivity index (χ0v) is 17.2. The molecule has 3 aromatic rings. The van der Waals surface area contributed by atoms with Gasteiger partial charge in [0.05, 0.1) is 45.9 Å². The van der Waals surface area contributed by atoms with Crippen LogP contribution in [0.1, 0.15) is 18.2 Å². The summed E-state index contributed by atoms with van der Waals surface area (Å²) in [5, 5.41) is 22.7. The fourth-order valence-corrected chi connectivity index (χ4v) is 3.02. The number of anilines is 1. The molecule has 29 heavy (non-hydrogen) atoms. The Morgan fingerprint density at radius 3 is 2.66 bits per heavy atom. The van der Waals surface area contributed by atoms with Crippen molar-refractivity contribution in [2.24, 2.45) is 5.92 Å². The van der Waals surface area contributed by atoms with Gasteiger partial charge < -0.3 is 15.4 Å². The molecule has 0 aliphatic carbocycles. The number of halogens is 2. The van der Waals surface area contributed by atoms with Crippen molar-refractivity contribution in [3.63, 3.8) is 0 Å². The van der Waals surface area contributed by atoms with Crippen LogP contribution in [0.3, 0.4) is 0 Å². The first kappa shape index (κ1) is 20.8. The highest BCUT2D eigenvalue weighted by Crippen LogP contribution is 2.23. The lowest BCUT2D eigenvalue weighted by atomic mass is 10.1. The van der Waals surface area contributed by atoms with Crippen LogP contribution >= 0.6 is 23.2 Å². The Balaban J connectivity index is 1.60. The average Bonchev–Trinajstić information content (AvgIpc) is 3.25. The first-order chi connectivity index (χ1) is 13.7. The average molecular weight is 437 g/mol. The Kier molecular flexibility index (Phi) is 6.19. The van der Waals surface area contributed by atoms with Gasteiger partial charge in [-0.1, -0.05) is 36.2 Å². The van der Waals surface area contributed by atoms with Crippen LogP contribution in [0.15, 0.2) is 36.5 Å². The van der Waals surface area contributed by atoms with E-state index < -0.39 is 10.8 Å². The second kappa shape index (κ2) is 8.62. The molecule has 1 N–H and O–H groups in total. The number of benzene rings is 1. The van der Waals surface area contributed by atoms with Crippen LogP contribution in [-0.4, -0.2) is 30.4 Å². The molecule has 152 valence electrons. The van der Waals surface area contributed by atoms with Crippen molar-refractivity contribution < 1.29 is 9.72 Å². The number of hydrogen-bond acceptors (Lipinski definition) is 5. The minimum Gasteiger partial charge on any atom is -0.358 e. The normalized spacial score (nSPS) is 12.0. The molecule has 0 saturated carbocycles. The van der Waals surface area contributed by atoms with Crippen molar-refractivity contribution in [3.05, 3.63) is 67.9 Å². The summed E-state index contributed by atoms with van der Waals surface area (Å²) in [6.07, 6.45) is 1.74. The number of nitrogens with zero attached hydrogens (tertiary/aromatic N) is 5. The monoisotopic (exact) mass is 436 g/mol. The van der Waals surface area contributed by atoms with Gasteiger partial charge in [0.2, 0.25) is 5.91 Å². The molecule has 0 radical (unpaired) electrons. The van der Waals surface area contributed by atoms with Gasteiger partial charge >= 0.3 is 5.82 Å². The van der Waals surface area contributed by atoms with Gasteiger partial charge in [0.1, 0.15) is 0 Å². The minimum atomic E-state index is -0.561. The zero-order valence-electron chi connectivity index (χ0n) is 15.7. The third-order valence-electron chi connectivity index (χ3n) is 4.27. The maximum absolute atomic E-state index is 12.5. The van der Waals surface area contributed by atoms with Gasteiger partial charge in [-0.3, -0.25) is 9.48 Å². The highest BCUT2D eigenvalue weighted by molar-refractivity contribution is 6.42. The predicted octanol–water partition coefficient (Wildman–Crippen LogP) is 3.93. The van der Waals surface area contributed by atoms with Crippen LogP contribution in [0.5, 0.6) is 0 Å². The fourth-order valence-electron chi connectivity index (χ4n) is 2.70. The van der Waals surface area contributed by atoms with Crippen molar-refractivity contribution >= 4 is 40.7 Å². The Morgan fingerprint density at radius 1 is 1.24 bits per heavy atom. The molecule has 9 nitrogen and oxygen atoms in total. The van der Waals surface area contributed by atoms with Gasteiger partial charge in [0, 0.05) is 12.3 Å². The lowest BCUT2D eigenvalue weighted by molar-refractivity contribution is -0.389. The minimum absolute atomic E-state index is 0.218. The highest BCUT2D eigenvalue weighted by Gasteiger charge is 2.21. The van der Waals surface area contributed by atoms with E-state index in [0.29, 0.717) is 28.1 Å². The largest absolute Gasteiger partial charge is 0.390 e. The van der Waals surface area contributed by atoms with Gasteiger partial charge in [-0.2, -0.15) is 9.78 Å². The topological polar surface area (TPSA) is 108 Å². The van der Waals surface area contributed by atoms with Crippen LogP contribution in [0.25, 0.3) is 0 Å². The van der Waals surface area contributed by atoms with E-state index in [1.165, 1.54) is 10.7 Å². The lowest BCUT2D eigenvalue weighted by Gasteiger charge is -2.10. The number of nitro groups is 1. The van der Waals surface area contributed by atoms with Crippen LogP contribution in [0.2, 0.25) is 10.0 Å². The molecule has 0 aliphatic rings. The number of carbonyl (C=O) groups excluding carboxylic acids is 1. The van der Waals surface area contributed by atoms with E-state index in [4.69, 9.17) is 23.2 Å². The van der Waals surface area contributed by atoms with E-state index in [1.54, 1.807) is 42.9 Å². The molecule has 11 heteroatoms. The van der Waals surface area contributed by atoms with Gasteiger partial charge in [0.25, 0.3) is 0 Å². The smallest absolute Gasteiger partial charge is 0.358 e. The number of rotatable bonds is 7. The van der Waals surface area contributed by atoms with E-state index in [1.807, 2.05) is 6.07 Å². The van der Waals surface area contributed by atoms with Crippen molar-refractivity contribution in [1.82, 2.24) is 19.6 Å². The quantitative estimate of drug-likeness (QED) is 0.445. The number of carbonyl (C=O) groups is 1. The molecular weight excluding hydrogens is 419 g/mol. The van der Waals surface area contributed by atoms with Crippen LogP contribution in [-0.2, 0) is 17.9 Å². The number of aromatic nitrogens is 4. The summed E-state index contributed by atoms with van der Waals surface area (Å²) in [4.78, 5) is 22.7. The maximum atomic E-state index is 12.5. The molecule has 0 fully saturated rings. The van der Waals surface area contributed by atoms with E-state index in [2.05, 4.69) is 15.5 Å². The molecule has 2 aromatic heterocycles. The number of nitrogens with one attached hydrogen (secondary N) is 1. The summed E-state index contributed by atoms with van der Waals surface area (Å²) in [6.45, 7) is 4.11. The van der Waals surface area contributed by atoms with E-state index in [9.17, 15) is 14.9 Å². The summed E-state index contributed by atoms with van der Waals surface area (Å²) >= 11 is 11.9. The molecule has 1 amide bonds. The third-order valence-corrected chi connectivity index (χ3v) is 5.01. The first-order valence-electron chi connectivity index (χ1n) is 8.70. The lowest BCUT2D eigenvalue weighted by Crippen LogP contribution is -2.25. The second-order valence-corrected chi connectivity index (χ2v) is 7.43. The maximum Gasteiger partial charge on any atom is 0.390 e. The molecule has 0 aliphatic heterocycles. The summed E-state index contributed by atoms with van der Waals surface area (Å²) in [6, 6.07) is 8.38. The Bertz CT molecular complexity index is 1060. The first-order valence-corrected chi connectivity index (χ1v) is 9.45. The van der Waals surface area contributed by atoms with Crippen LogP contribution < -0.4 is 5.32 Å². The molecule has 3 rings (SSSR count). The van der Waals surface area contributed by atoms with Crippen molar-refractivity contribution in [2.75, 3.05) is 5.32 Å². The molecule has 1 aromatic carbocycles. The van der Waals surface area contributed by atoms with E-state index in [-0.39, 0.29) is 18.3 Å². The van der Waals surface area contributed by atoms with Crippen LogP contribution in [0.4, 0.5) is 11.6 Å². The van der Waals surface area contributed by atoms with Crippen molar-refractivity contribution in [3.8, 4) is 0 Å². The van der Waals surface area contributed by atoms with Crippen molar-refractivity contribution in [2.45, 2.75) is 26.9 Å². The predicted molar refractivity (Wildman–Crippen MR) is 109 cm³/mol. The van der Waals surface area contributed by atoms with E-state index in [0.717, 1.165) is 5.56 Å². The summed E-state index contributed by atoms with van der Waals surface area (Å²) in [5.41, 5.74) is 1.53. The summed E-state index contributed by atoms with van der Waals surface area (Å²) < 4.78 is 3.12. The fraction of sp³-hybridized carbons (Fsp3) is 0.278. The zero-order chi connectivity index (χ0) is 21.1. The molecule has 2 heterocycles. The Labute approximate surface area is 176 Å². The number of amides is 1. The van der Waals surface area contributed by atoms with Crippen LogP contribution in [0, 0.1) is 23.0 Å². The summed E-state index contributed by atoms with van der Waals surface area (Å²) in [7, 11) is 0. The van der Waals surface area contributed by atoms with Crippen molar-refractivity contribution in [1.29, 1.82) is 0 Å². The molecule has 1 unspecified atom stereocenters. The Hall–Kier alpha value is -2.91.